The van der Waals surface area contributed by atoms with Gasteiger partial charge in [0.15, 0.2) is 0 Å². The van der Waals surface area contributed by atoms with Crippen LogP contribution in [0.5, 0.6) is 0 Å². The van der Waals surface area contributed by atoms with Crippen LogP contribution in [0.4, 0.5) is 0 Å². The fourth-order valence-corrected chi connectivity index (χ4v) is 2.39. The lowest BCUT2D eigenvalue weighted by Crippen LogP contribution is -2.37. The molecule has 0 N–H and O–H groups in total. The molecule has 0 aliphatic carbocycles. The Kier molecular flexibility index (Phi) is 4.75. The van der Waals surface area contributed by atoms with Gasteiger partial charge in [-0.25, -0.2) is 4.68 Å². The van der Waals surface area contributed by atoms with E-state index in [2.05, 4.69) is 5.10 Å². The van der Waals surface area contributed by atoms with Crippen LogP contribution in [0, 0.1) is 13.8 Å². The molecule has 1 heterocycles. The molecule has 1 aromatic carbocycles. The van der Waals surface area contributed by atoms with Crippen molar-refractivity contribution in [2.45, 2.75) is 27.3 Å². The predicted octanol–water partition coefficient (Wildman–Crippen LogP) is 2.06. The average Bonchev–Trinajstić information content (AvgIpc) is 2.51. The minimum Gasteiger partial charge on any atom is -0.334 e. The second-order valence-corrected chi connectivity index (χ2v) is 5.32. The van der Waals surface area contributed by atoms with Crippen molar-refractivity contribution >= 4 is 5.91 Å². The third-order valence-corrected chi connectivity index (χ3v) is 3.82. The fraction of sp³-hybridized carbons (Fsp3) is 0.353. The number of hydrogen-bond donors (Lipinski definition) is 0. The van der Waals surface area contributed by atoms with Crippen LogP contribution in [0.25, 0.3) is 0 Å². The number of benzene rings is 1. The van der Waals surface area contributed by atoms with E-state index >= 15 is 0 Å². The first kappa shape index (κ1) is 15.9. The fourth-order valence-electron chi connectivity index (χ4n) is 2.39. The topological polar surface area (TPSA) is 55.2 Å². The van der Waals surface area contributed by atoms with Crippen molar-refractivity contribution < 1.29 is 4.79 Å². The summed E-state index contributed by atoms with van der Waals surface area (Å²) in [5, 5.41) is 4.12. The largest absolute Gasteiger partial charge is 0.334 e. The standard InChI is InChI=1S/C17H21N3O2/c1-5-20(11-14-9-7-6-8-10-14)17(22)15-12(2)13(3)18-19(4)16(15)21/h6-10H,5,11H2,1-4H3. The summed E-state index contributed by atoms with van der Waals surface area (Å²) in [6.45, 7) is 6.51. The van der Waals surface area contributed by atoms with Crippen LogP contribution in [0.1, 0.15) is 34.1 Å². The van der Waals surface area contributed by atoms with Crippen LogP contribution in [-0.4, -0.2) is 27.1 Å². The summed E-state index contributed by atoms with van der Waals surface area (Å²) in [4.78, 5) is 26.8. The van der Waals surface area contributed by atoms with Crippen LogP contribution in [0.2, 0.25) is 0 Å². The van der Waals surface area contributed by atoms with Crippen molar-refractivity contribution in [1.82, 2.24) is 14.7 Å². The molecule has 5 nitrogen and oxygen atoms in total. The molecule has 0 radical (unpaired) electrons. The lowest BCUT2D eigenvalue weighted by molar-refractivity contribution is 0.0748. The first-order chi connectivity index (χ1) is 10.5. The highest BCUT2D eigenvalue weighted by atomic mass is 16.2. The molecule has 2 rings (SSSR count). The minimum absolute atomic E-state index is 0.216. The number of carbonyl (C=O) groups excluding carboxylic acids is 1. The van der Waals surface area contributed by atoms with Gasteiger partial charge in [0, 0.05) is 20.1 Å². The molecule has 1 aromatic heterocycles. The molecule has 2 aromatic rings. The molecular weight excluding hydrogens is 278 g/mol. The number of amides is 1. The van der Waals surface area contributed by atoms with Gasteiger partial charge in [-0.2, -0.15) is 5.10 Å². The van der Waals surface area contributed by atoms with E-state index in [1.165, 1.54) is 4.68 Å². The number of rotatable bonds is 4. The smallest absolute Gasteiger partial charge is 0.279 e. The molecule has 22 heavy (non-hydrogen) atoms. The van der Waals surface area contributed by atoms with E-state index in [0.717, 1.165) is 5.56 Å². The first-order valence-electron chi connectivity index (χ1n) is 7.33. The third kappa shape index (κ3) is 3.08. The van der Waals surface area contributed by atoms with Gasteiger partial charge < -0.3 is 4.90 Å². The summed E-state index contributed by atoms with van der Waals surface area (Å²) in [7, 11) is 1.57. The van der Waals surface area contributed by atoms with Gasteiger partial charge in [-0.05, 0) is 31.9 Å². The van der Waals surface area contributed by atoms with E-state index in [0.29, 0.717) is 24.3 Å². The van der Waals surface area contributed by atoms with Gasteiger partial charge in [0.1, 0.15) is 5.56 Å². The monoisotopic (exact) mass is 299 g/mol. The van der Waals surface area contributed by atoms with Crippen molar-refractivity contribution in [3.05, 3.63) is 63.1 Å². The zero-order valence-corrected chi connectivity index (χ0v) is 13.5. The molecule has 1 amide bonds. The SMILES string of the molecule is CCN(Cc1ccccc1)C(=O)c1c(C)c(C)nn(C)c1=O. The zero-order valence-electron chi connectivity index (χ0n) is 13.5. The Morgan fingerprint density at radius 3 is 2.45 bits per heavy atom. The van der Waals surface area contributed by atoms with Crippen LogP contribution < -0.4 is 5.56 Å². The number of aryl methyl sites for hydroxylation is 2. The first-order valence-corrected chi connectivity index (χ1v) is 7.33. The molecule has 0 aliphatic heterocycles. The Morgan fingerprint density at radius 2 is 1.86 bits per heavy atom. The van der Waals surface area contributed by atoms with Gasteiger partial charge in [-0.15, -0.1) is 0 Å². The molecule has 0 bridgehead atoms. The molecule has 0 saturated heterocycles. The highest BCUT2D eigenvalue weighted by Crippen LogP contribution is 2.12. The van der Waals surface area contributed by atoms with E-state index in [-0.39, 0.29) is 17.0 Å². The maximum absolute atomic E-state index is 12.8. The van der Waals surface area contributed by atoms with E-state index in [4.69, 9.17) is 0 Å². The van der Waals surface area contributed by atoms with Crippen LogP contribution in [0.3, 0.4) is 0 Å². The predicted molar refractivity (Wildman–Crippen MR) is 85.8 cm³/mol. The third-order valence-electron chi connectivity index (χ3n) is 3.82. The Balaban J connectivity index is 2.40. The highest BCUT2D eigenvalue weighted by molar-refractivity contribution is 5.95. The van der Waals surface area contributed by atoms with Crippen molar-refractivity contribution in [3.63, 3.8) is 0 Å². The Labute approximate surface area is 130 Å². The zero-order chi connectivity index (χ0) is 16.3. The lowest BCUT2D eigenvalue weighted by atomic mass is 10.1. The molecule has 0 aliphatic rings. The summed E-state index contributed by atoms with van der Waals surface area (Å²) in [5.74, 6) is -0.241. The summed E-state index contributed by atoms with van der Waals surface area (Å²) in [5.41, 5.74) is 2.26. The maximum atomic E-state index is 12.8. The van der Waals surface area contributed by atoms with Crippen molar-refractivity contribution in [2.75, 3.05) is 6.54 Å². The van der Waals surface area contributed by atoms with E-state index < -0.39 is 0 Å². The molecule has 0 fully saturated rings. The quantitative estimate of drug-likeness (QED) is 0.868. The number of aromatic nitrogens is 2. The van der Waals surface area contributed by atoms with E-state index in [1.54, 1.807) is 25.8 Å². The van der Waals surface area contributed by atoms with Gasteiger partial charge in [0.05, 0.1) is 5.69 Å². The van der Waals surface area contributed by atoms with Gasteiger partial charge in [0.25, 0.3) is 11.5 Å². The van der Waals surface area contributed by atoms with Crippen LogP contribution in [-0.2, 0) is 13.6 Å². The number of carbonyl (C=O) groups is 1. The van der Waals surface area contributed by atoms with Crippen molar-refractivity contribution in [3.8, 4) is 0 Å². The van der Waals surface area contributed by atoms with Gasteiger partial charge in [0.2, 0.25) is 0 Å². The average molecular weight is 299 g/mol. The summed E-state index contributed by atoms with van der Waals surface area (Å²) < 4.78 is 1.23. The van der Waals surface area contributed by atoms with Crippen LogP contribution >= 0.6 is 0 Å². The van der Waals surface area contributed by atoms with Gasteiger partial charge in [-0.1, -0.05) is 30.3 Å². The molecule has 0 spiro atoms. The summed E-state index contributed by atoms with van der Waals surface area (Å²) in [6, 6.07) is 9.76. The Hall–Kier alpha value is -2.43. The van der Waals surface area contributed by atoms with Crippen molar-refractivity contribution in [2.24, 2.45) is 7.05 Å². The Bertz CT molecular complexity index is 736. The van der Waals surface area contributed by atoms with Gasteiger partial charge >= 0.3 is 0 Å². The Morgan fingerprint density at radius 1 is 1.23 bits per heavy atom. The highest BCUT2D eigenvalue weighted by Gasteiger charge is 2.22. The van der Waals surface area contributed by atoms with Crippen LogP contribution in [0.15, 0.2) is 35.1 Å². The van der Waals surface area contributed by atoms with Gasteiger partial charge in [-0.3, -0.25) is 9.59 Å². The molecule has 0 unspecified atom stereocenters. The minimum atomic E-state index is -0.348. The molecule has 0 saturated carbocycles. The second-order valence-electron chi connectivity index (χ2n) is 5.32. The second kappa shape index (κ2) is 6.56. The van der Waals surface area contributed by atoms with E-state index in [1.807, 2.05) is 37.3 Å². The van der Waals surface area contributed by atoms with Crippen molar-refractivity contribution in [1.29, 1.82) is 0 Å². The molecule has 0 atom stereocenters. The molecule has 5 heteroatoms. The van der Waals surface area contributed by atoms with E-state index in [9.17, 15) is 9.59 Å². The normalized spacial score (nSPS) is 10.5. The number of hydrogen-bond acceptors (Lipinski definition) is 3. The maximum Gasteiger partial charge on any atom is 0.279 e. The molecule has 116 valence electrons. The number of nitrogens with zero attached hydrogens (tertiary/aromatic N) is 3. The summed E-state index contributed by atoms with van der Waals surface area (Å²) >= 11 is 0. The lowest BCUT2D eigenvalue weighted by Gasteiger charge is -2.22. The summed E-state index contributed by atoms with van der Waals surface area (Å²) in [6.07, 6.45) is 0. The molecular formula is C17H21N3O2.